The number of hydrogen-bond donors (Lipinski definition) is 0. The Hall–Kier alpha value is -1.45. The molecule has 0 bridgehead atoms. The van der Waals surface area contributed by atoms with Crippen molar-refractivity contribution in [3.63, 3.8) is 0 Å². The Morgan fingerprint density at radius 2 is 2.30 bits per heavy atom. The van der Waals surface area contributed by atoms with E-state index in [4.69, 9.17) is 0 Å². The fourth-order valence-corrected chi connectivity index (χ4v) is 0.826. The summed E-state index contributed by atoms with van der Waals surface area (Å²) in [5.41, 5.74) is 1.15. The zero-order chi connectivity index (χ0) is 6.97. The molecular weight excluding hydrogens is 133 g/mol. The molecule has 0 spiro atoms. The van der Waals surface area contributed by atoms with Gasteiger partial charge >= 0.3 is 0 Å². The molecule has 0 unspecified atom stereocenters. The second kappa shape index (κ2) is 1.76. The minimum absolute atomic E-state index is 0.262. The molecule has 0 atom stereocenters. The van der Waals surface area contributed by atoms with Crippen LogP contribution in [0.4, 0.5) is 4.48 Å². The number of aromatic nitrogens is 3. The lowest BCUT2D eigenvalue weighted by atomic mass is 10.4. The van der Waals surface area contributed by atoms with Gasteiger partial charge in [0.1, 0.15) is 11.0 Å². The molecule has 0 aliphatic carbocycles. The van der Waals surface area contributed by atoms with Crippen molar-refractivity contribution >= 4 is 11.0 Å². The summed E-state index contributed by atoms with van der Waals surface area (Å²) in [6.07, 6.45) is 2.83. The number of pyridine rings is 1. The van der Waals surface area contributed by atoms with Gasteiger partial charge in [-0.15, -0.1) is 10.0 Å². The summed E-state index contributed by atoms with van der Waals surface area (Å²) in [5.74, 6) is 0. The molecule has 0 saturated carbocycles. The van der Waals surface area contributed by atoms with E-state index < -0.39 is 0 Å². The Bertz CT molecular complexity index is 322. The third-order valence-corrected chi connectivity index (χ3v) is 1.25. The van der Waals surface area contributed by atoms with Gasteiger partial charge in [-0.25, -0.2) is 0 Å². The van der Waals surface area contributed by atoms with E-state index in [-0.39, 0.29) is 4.90 Å². The van der Waals surface area contributed by atoms with Gasteiger partial charge in [-0.3, -0.25) is 4.98 Å². The monoisotopic (exact) mass is 137 g/mol. The standard InChI is InChI=1S/C6H4FN3/c7-10-4-6-5(9-10)2-1-3-8-6/h1-4H. The molecule has 2 aromatic rings. The number of fused-ring (bicyclic) bond motifs is 1. The lowest BCUT2D eigenvalue weighted by Crippen LogP contribution is -1.77. The van der Waals surface area contributed by atoms with E-state index in [1.54, 1.807) is 18.3 Å². The number of rotatable bonds is 0. The highest BCUT2D eigenvalue weighted by atomic mass is 19.2. The summed E-state index contributed by atoms with van der Waals surface area (Å²) in [6, 6.07) is 3.42. The molecule has 0 fully saturated rings. The summed E-state index contributed by atoms with van der Waals surface area (Å²) in [4.78, 5) is 4.14. The molecule has 0 radical (unpaired) electrons. The van der Waals surface area contributed by atoms with Crippen LogP contribution in [0.15, 0.2) is 24.5 Å². The smallest absolute Gasteiger partial charge is 0.114 e. The average Bonchev–Trinajstić information content (AvgIpc) is 2.27. The second-order valence-corrected chi connectivity index (χ2v) is 1.93. The van der Waals surface area contributed by atoms with E-state index in [1.807, 2.05) is 0 Å². The van der Waals surface area contributed by atoms with Crippen LogP contribution in [0.25, 0.3) is 11.0 Å². The van der Waals surface area contributed by atoms with E-state index in [2.05, 4.69) is 10.1 Å². The molecule has 0 amide bonds. The highest BCUT2D eigenvalue weighted by Gasteiger charge is 1.96. The van der Waals surface area contributed by atoms with Gasteiger partial charge in [0.25, 0.3) is 0 Å². The molecular formula is C6H4FN3. The molecule has 50 valence electrons. The highest BCUT2D eigenvalue weighted by Crippen LogP contribution is 2.06. The highest BCUT2D eigenvalue weighted by molar-refractivity contribution is 5.72. The molecule has 0 aliphatic heterocycles. The summed E-state index contributed by atoms with van der Waals surface area (Å²) in [6.45, 7) is 0. The number of hydrogen-bond acceptors (Lipinski definition) is 2. The maximum absolute atomic E-state index is 12.3. The SMILES string of the molecule is Fn1cc2ncccc2n1. The third kappa shape index (κ3) is 0.655. The predicted octanol–water partition coefficient (Wildman–Crippen LogP) is 1.16. The topological polar surface area (TPSA) is 30.7 Å². The Balaban J connectivity index is 2.88. The average molecular weight is 137 g/mol. The normalized spacial score (nSPS) is 10.5. The maximum atomic E-state index is 12.3. The fraction of sp³-hybridized carbons (Fsp3) is 0. The van der Waals surface area contributed by atoms with Gasteiger partial charge in [-0.2, -0.15) is 0 Å². The van der Waals surface area contributed by atoms with Crippen LogP contribution in [-0.2, 0) is 0 Å². The number of halogens is 1. The first-order chi connectivity index (χ1) is 4.86. The second-order valence-electron chi connectivity index (χ2n) is 1.93. The van der Waals surface area contributed by atoms with Gasteiger partial charge in [0, 0.05) is 6.20 Å². The zero-order valence-corrected chi connectivity index (χ0v) is 5.03. The first-order valence-corrected chi connectivity index (χ1v) is 2.83. The molecule has 2 aromatic heterocycles. The minimum atomic E-state index is 0.262. The maximum Gasteiger partial charge on any atom is 0.114 e. The summed E-state index contributed by atoms with van der Waals surface area (Å²) < 4.78 is 12.3. The van der Waals surface area contributed by atoms with Crippen molar-refractivity contribution < 1.29 is 4.48 Å². The van der Waals surface area contributed by atoms with Gasteiger partial charge in [0.15, 0.2) is 0 Å². The molecule has 2 rings (SSSR count). The van der Waals surface area contributed by atoms with Crippen LogP contribution in [0.1, 0.15) is 0 Å². The Kier molecular flexibility index (Phi) is 0.943. The molecule has 0 saturated heterocycles. The predicted molar refractivity (Wildman–Crippen MR) is 34.0 cm³/mol. The lowest BCUT2D eigenvalue weighted by molar-refractivity contribution is 0.320. The molecule has 3 nitrogen and oxygen atoms in total. The van der Waals surface area contributed by atoms with E-state index >= 15 is 0 Å². The molecule has 0 aromatic carbocycles. The molecule has 4 heteroatoms. The quantitative estimate of drug-likeness (QED) is 0.545. The van der Waals surface area contributed by atoms with Gasteiger partial charge in [0.05, 0.1) is 6.20 Å². The summed E-state index contributed by atoms with van der Waals surface area (Å²) in [7, 11) is 0. The van der Waals surface area contributed by atoms with Gasteiger partial charge in [-0.05, 0) is 12.1 Å². The molecule has 0 N–H and O–H groups in total. The van der Waals surface area contributed by atoms with Crippen molar-refractivity contribution in [2.24, 2.45) is 0 Å². The van der Waals surface area contributed by atoms with E-state index in [0.717, 1.165) is 0 Å². The Morgan fingerprint density at radius 1 is 1.40 bits per heavy atom. The third-order valence-electron chi connectivity index (χ3n) is 1.25. The van der Waals surface area contributed by atoms with Crippen molar-refractivity contribution in [1.82, 2.24) is 15.0 Å². The summed E-state index contributed by atoms with van der Waals surface area (Å²) >= 11 is 0. The first-order valence-electron chi connectivity index (χ1n) is 2.83. The van der Waals surface area contributed by atoms with E-state index in [9.17, 15) is 4.48 Å². The van der Waals surface area contributed by atoms with Crippen LogP contribution in [0, 0.1) is 0 Å². The van der Waals surface area contributed by atoms with Crippen molar-refractivity contribution in [2.45, 2.75) is 0 Å². The van der Waals surface area contributed by atoms with Gasteiger partial charge < -0.3 is 0 Å². The van der Waals surface area contributed by atoms with Crippen LogP contribution in [-0.4, -0.2) is 15.0 Å². The molecule has 10 heavy (non-hydrogen) atoms. The van der Waals surface area contributed by atoms with Crippen molar-refractivity contribution in [1.29, 1.82) is 0 Å². The Morgan fingerprint density at radius 3 is 3.10 bits per heavy atom. The van der Waals surface area contributed by atoms with Crippen LogP contribution >= 0.6 is 0 Å². The molecule has 2 heterocycles. The summed E-state index contributed by atoms with van der Waals surface area (Å²) in [5, 5.41) is 3.50. The molecule has 0 aliphatic rings. The zero-order valence-electron chi connectivity index (χ0n) is 5.03. The van der Waals surface area contributed by atoms with Crippen molar-refractivity contribution in [3.8, 4) is 0 Å². The van der Waals surface area contributed by atoms with Crippen LogP contribution in [0.3, 0.4) is 0 Å². The first kappa shape index (κ1) is 5.34. The van der Waals surface area contributed by atoms with Gasteiger partial charge in [0.2, 0.25) is 0 Å². The Labute approximate surface area is 56.0 Å². The largest absolute Gasteiger partial charge is 0.253 e. The van der Waals surface area contributed by atoms with E-state index in [1.165, 1.54) is 6.20 Å². The van der Waals surface area contributed by atoms with Crippen molar-refractivity contribution in [3.05, 3.63) is 24.5 Å². The minimum Gasteiger partial charge on any atom is -0.253 e. The van der Waals surface area contributed by atoms with Crippen LogP contribution < -0.4 is 0 Å². The van der Waals surface area contributed by atoms with Crippen LogP contribution in [0.5, 0.6) is 0 Å². The van der Waals surface area contributed by atoms with E-state index in [0.29, 0.717) is 11.0 Å². The van der Waals surface area contributed by atoms with Crippen LogP contribution in [0.2, 0.25) is 0 Å². The number of nitrogens with zero attached hydrogens (tertiary/aromatic N) is 3. The lowest BCUT2D eigenvalue weighted by Gasteiger charge is -1.79. The van der Waals surface area contributed by atoms with Crippen molar-refractivity contribution in [2.75, 3.05) is 0 Å². The fourth-order valence-electron chi connectivity index (χ4n) is 0.826. The van der Waals surface area contributed by atoms with Gasteiger partial charge in [-0.1, -0.05) is 4.48 Å².